The number of hydrogen-bond acceptors (Lipinski definition) is 5. The first kappa shape index (κ1) is 21.8. The third-order valence-corrected chi connectivity index (χ3v) is 7.35. The van der Waals surface area contributed by atoms with Gasteiger partial charge in [0.2, 0.25) is 0 Å². The number of carbonyl (C=O) groups is 1. The minimum Gasteiger partial charge on any atom is -0.441 e. The molecule has 0 spiro atoms. The van der Waals surface area contributed by atoms with Gasteiger partial charge in [-0.25, -0.2) is 14.4 Å². The van der Waals surface area contributed by atoms with Crippen LogP contribution in [-0.4, -0.2) is 32.9 Å². The molecule has 1 aliphatic rings. The number of rotatable bonds is 5. The monoisotopic (exact) mass is 463 g/mol. The molecule has 1 amide bonds. The number of oxazole rings is 1. The molecule has 0 bridgehead atoms. The maximum absolute atomic E-state index is 13.8. The van der Waals surface area contributed by atoms with E-state index in [0.29, 0.717) is 18.0 Å². The molecule has 1 saturated heterocycles. The van der Waals surface area contributed by atoms with E-state index < -0.39 is 0 Å². The van der Waals surface area contributed by atoms with Gasteiger partial charge in [-0.05, 0) is 69.4 Å². The Morgan fingerprint density at radius 1 is 1.15 bits per heavy atom. The van der Waals surface area contributed by atoms with Crippen molar-refractivity contribution in [3.63, 3.8) is 0 Å². The van der Waals surface area contributed by atoms with Crippen molar-refractivity contribution >= 4 is 28.3 Å². The number of benzene rings is 2. The van der Waals surface area contributed by atoms with Crippen LogP contribution in [0.1, 0.15) is 54.0 Å². The first-order valence-electron chi connectivity index (χ1n) is 11.4. The van der Waals surface area contributed by atoms with Gasteiger partial charge in [0.25, 0.3) is 5.91 Å². The van der Waals surface area contributed by atoms with Gasteiger partial charge in [-0.2, -0.15) is 0 Å². The molecule has 170 valence electrons. The van der Waals surface area contributed by atoms with Gasteiger partial charge in [0.1, 0.15) is 17.0 Å². The highest BCUT2D eigenvalue weighted by atomic mass is 32.1. The minimum absolute atomic E-state index is 0.0477. The highest BCUT2D eigenvalue weighted by Gasteiger charge is 2.35. The van der Waals surface area contributed by atoms with E-state index in [1.54, 1.807) is 12.1 Å². The van der Waals surface area contributed by atoms with E-state index in [0.717, 1.165) is 52.2 Å². The summed E-state index contributed by atoms with van der Waals surface area (Å²) in [5.41, 5.74) is 2.93. The molecular formula is C26H26FN3O2S. The van der Waals surface area contributed by atoms with Crippen molar-refractivity contribution < 1.29 is 13.6 Å². The van der Waals surface area contributed by atoms with Crippen LogP contribution in [0.2, 0.25) is 0 Å². The SMILES string of the molecule is Cc1nc(C(=O)N2C(C)CCCC2CCc2nc3ccccc3o2)c(-c2ccc(F)cc2)s1. The minimum atomic E-state index is -0.295. The Bertz CT molecular complexity index is 1250. The van der Waals surface area contributed by atoms with Gasteiger partial charge in [-0.3, -0.25) is 4.79 Å². The highest BCUT2D eigenvalue weighted by molar-refractivity contribution is 7.15. The van der Waals surface area contributed by atoms with Crippen molar-refractivity contribution in [3.05, 3.63) is 70.9 Å². The number of thiazole rings is 1. The second kappa shape index (κ2) is 9.06. The molecule has 3 heterocycles. The molecule has 2 atom stereocenters. The predicted octanol–water partition coefficient (Wildman–Crippen LogP) is 6.41. The summed E-state index contributed by atoms with van der Waals surface area (Å²) in [5, 5.41) is 0.824. The summed E-state index contributed by atoms with van der Waals surface area (Å²) in [6.45, 7) is 4.01. The second-order valence-electron chi connectivity index (χ2n) is 8.68. The molecule has 0 N–H and O–H groups in total. The van der Waals surface area contributed by atoms with Crippen LogP contribution in [0.5, 0.6) is 0 Å². The molecule has 33 heavy (non-hydrogen) atoms. The average Bonchev–Trinajstić information content (AvgIpc) is 3.41. The lowest BCUT2D eigenvalue weighted by Crippen LogP contribution is -2.49. The smallest absolute Gasteiger partial charge is 0.274 e. The van der Waals surface area contributed by atoms with Gasteiger partial charge in [-0.15, -0.1) is 11.3 Å². The van der Waals surface area contributed by atoms with Crippen LogP contribution >= 0.6 is 11.3 Å². The summed E-state index contributed by atoms with van der Waals surface area (Å²) in [6, 6.07) is 14.3. The van der Waals surface area contributed by atoms with Crippen LogP contribution in [0.3, 0.4) is 0 Å². The molecule has 2 aromatic carbocycles. The van der Waals surface area contributed by atoms with Gasteiger partial charge < -0.3 is 9.32 Å². The number of piperidine rings is 1. The molecule has 5 rings (SSSR count). The largest absolute Gasteiger partial charge is 0.441 e. The number of likely N-dealkylation sites (tertiary alicyclic amines) is 1. The normalized spacial score (nSPS) is 18.7. The summed E-state index contributed by atoms with van der Waals surface area (Å²) < 4.78 is 19.4. The van der Waals surface area contributed by atoms with E-state index in [1.165, 1.54) is 23.5 Å². The van der Waals surface area contributed by atoms with Gasteiger partial charge in [0, 0.05) is 18.5 Å². The third kappa shape index (κ3) is 4.42. The number of aryl methyl sites for hydroxylation is 2. The van der Waals surface area contributed by atoms with Gasteiger partial charge >= 0.3 is 0 Å². The zero-order valence-corrected chi connectivity index (χ0v) is 19.6. The Morgan fingerprint density at radius 2 is 1.94 bits per heavy atom. The molecule has 0 aliphatic carbocycles. The molecule has 0 saturated carbocycles. The Kier molecular flexibility index (Phi) is 5.98. The molecule has 2 aromatic heterocycles. The van der Waals surface area contributed by atoms with Gasteiger partial charge in [-0.1, -0.05) is 24.3 Å². The number of hydrogen-bond donors (Lipinski definition) is 0. The summed E-state index contributed by atoms with van der Waals surface area (Å²) >= 11 is 1.47. The van der Waals surface area contributed by atoms with E-state index in [9.17, 15) is 9.18 Å². The van der Waals surface area contributed by atoms with Crippen LogP contribution in [0, 0.1) is 12.7 Å². The lowest BCUT2D eigenvalue weighted by atomic mass is 9.92. The van der Waals surface area contributed by atoms with E-state index >= 15 is 0 Å². The Morgan fingerprint density at radius 3 is 2.73 bits per heavy atom. The summed E-state index contributed by atoms with van der Waals surface area (Å²) in [7, 11) is 0. The zero-order valence-electron chi connectivity index (χ0n) is 18.8. The molecular weight excluding hydrogens is 437 g/mol. The quantitative estimate of drug-likeness (QED) is 0.343. The Hall–Kier alpha value is -3.06. The van der Waals surface area contributed by atoms with Crippen LogP contribution in [0.4, 0.5) is 4.39 Å². The second-order valence-corrected chi connectivity index (χ2v) is 9.88. The van der Waals surface area contributed by atoms with Crippen molar-refractivity contribution in [2.45, 2.75) is 58.0 Å². The lowest BCUT2D eigenvalue weighted by Gasteiger charge is -2.40. The lowest BCUT2D eigenvalue weighted by molar-refractivity contribution is 0.0457. The first-order chi connectivity index (χ1) is 16.0. The van der Waals surface area contributed by atoms with Crippen molar-refractivity contribution in [2.24, 2.45) is 0 Å². The van der Waals surface area contributed by atoms with E-state index in [1.807, 2.05) is 36.1 Å². The van der Waals surface area contributed by atoms with Crippen molar-refractivity contribution in [1.29, 1.82) is 0 Å². The predicted molar refractivity (Wildman–Crippen MR) is 128 cm³/mol. The molecule has 7 heteroatoms. The van der Waals surface area contributed by atoms with Crippen LogP contribution in [-0.2, 0) is 6.42 Å². The summed E-state index contributed by atoms with van der Waals surface area (Å²) in [5.74, 6) is 0.364. The molecule has 5 nitrogen and oxygen atoms in total. The number of carbonyl (C=O) groups excluding carboxylic acids is 1. The third-order valence-electron chi connectivity index (χ3n) is 6.33. The van der Waals surface area contributed by atoms with Gasteiger partial charge in [0.05, 0.1) is 9.88 Å². The van der Waals surface area contributed by atoms with E-state index in [2.05, 4.69) is 16.9 Å². The fourth-order valence-electron chi connectivity index (χ4n) is 4.74. The zero-order chi connectivity index (χ0) is 22.9. The number of fused-ring (bicyclic) bond motifs is 1. The molecule has 2 unspecified atom stereocenters. The summed E-state index contributed by atoms with van der Waals surface area (Å²) in [4.78, 5) is 25.8. The molecule has 1 aliphatic heterocycles. The fourth-order valence-corrected chi connectivity index (χ4v) is 5.66. The van der Waals surface area contributed by atoms with Crippen LogP contribution in [0.25, 0.3) is 21.5 Å². The maximum Gasteiger partial charge on any atom is 0.274 e. The Labute approximate surface area is 196 Å². The van der Waals surface area contributed by atoms with E-state index in [-0.39, 0.29) is 23.8 Å². The van der Waals surface area contributed by atoms with E-state index in [4.69, 9.17) is 4.42 Å². The molecule has 4 aromatic rings. The average molecular weight is 464 g/mol. The number of halogens is 1. The number of aromatic nitrogens is 2. The van der Waals surface area contributed by atoms with Crippen molar-refractivity contribution in [1.82, 2.24) is 14.9 Å². The number of nitrogens with zero attached hydrogens (tertiary/aromatic N) is 3. The van der Waals surface area contributed by atoms with Crippen molar-refractivity contribution in [2.75, 3.05) is 0 Å². The van der Waals surface area contributed by atoms with Gasteiger partial charge in [0.15, 0.2) is 11.5 Å². The fraction of sp³-hybridized carbons (Fsp3) is 0.346. The molecule has 0 radical (unpaired) electrons. The molecule has 1 fully saturated rings. The topological polar surface area (TPSA) is 59.2 Å². The maximum atomic E-state index is 13.8. The Balaban J connectivity index is 1.40. The van der Waals surface area contributed by atoms with Crippen LogP contribution < -0.4 is 0 Å². The van der Waals surface area contributed by atoms with Crippen LogP contribution in [0.15, 0.2) is 52.9 Å². The summed E-state index contributed by atoms with van der Waals surface area (Å²) in [6.07, 6.45) is 4.48. The standard InChI is InChI=1S/C26H26FN3O2S/c1-16-6-5-7-20(14-15-23-29-21-8-3-4-9-22(21)32-23)30(16)26(31)24-25(33-17(2)28-24)18-10-12-19(27)13-11-18/h3-4,8-13,16,20H,5-7,14-15H2,1-2H3. The number of para-hydroxylation sites is 2. The first-order valence-corrected chi connectivity index (χ1v) is 12.2. The highest BCUT2D eigenvalue weighted by Crippen LogP contribution is 2.34. The van der Waals surface area contributed by atoms with Crippen molar-refractivity contribution in [3.8, 4) is 10.4 Å². The number of amides is 1.